The van der Waals surface area contributed by atoms with Crippen LogP contribution in [0.15, 0.2) is 25.3 Å². The molecule has 3 atom stereocenters. The number of allylic oxidation sites excluding steroid dienone is 1. The molecule has 0 radical (unpaired) electrons. The molecule has 0 heterocycles. The zero-order chi connectivity index (χ0) is 24.0. The van der Waals surface area contributed by atoms with Crippen LogP contribution in [0.3, 0.4) is 0 Å². The van der Waals surface area contributed by atoms with Crippen LogP contribution in [-0.4, -0.2) is 40.9 Å². The average Bonchev–Trinajstić information content (AvgIpc) is 2.54. The van der Waals surface area contributed by atoms with Gasteiger partial charge in [-0.05, 0) is 56.0 Å². The zero-order valence-corrected chi connectivity index (χ0v) is 23.6. The summed E-state index contributed by atoms with van der Waals surface area (Å²) in [5, 5.41) is -0.000782. The van der Waals surface area contributed by atoms with Gasteiger partial charge in [0.05, 0.1) is 6.10 Å². The monoisotopic (exact) mass is 456 g/mol. The minimum Gasteiger partial charge on any atom is -0.460 e. The number of carbonyl (C=O) groups excluding carboxylic acids is 1. The first-order chi connectivity index (χ1) is 13.4. The number of carbonyl (C=O) groups is 1. The van der Waals surface area contributed by atoms with Gasteiger partial charge in [-0.25, -0.2) is 4.79 Å². The molecule has 0 aromatic rings. The lowest BCUT2D eigenvalue weighted by Crippen LogP contribution is -2.54. The Morgan fingerprint density at radius 3 is 1.77 bits per heavy atom. The smallest absolute Gasteiger partial charge is 0.337 e. The van der Waals surface area contributed by atoms with Crippen LogP contribution in [0, 0.1) is 0 Å². The van der Waals surface area contributed by atoms with Crippen molar-refractivity contribution in [1.82, 2.24) is 0 Å². The fraction of sp³-hybridized carbons (Fsp3) is 0.792. The Labute approximate surface area is 188 Å². The Balaban J connectivity index is 6.09. The highest BCUT2D eigenvalue weighted by atomic mass is 28.4. The van der Waals surface area contributed by atoms with E-state index >= 15 is 0 Å². The molecule has 0 fully saturated rings. The third-order valence-corrected chi connectivity index (χ3v) is 15.5. The first-order valence-electron chi connectivity index (χ1n) is 11.2. The van der Waals surface area contributed by atoms with Gasteiger partial charge >= 0.3 is 5.97 Å². The Morgan fingerprint density at radius 2 is 1.37 bits per heavy atom. The minimum atomic E-state index is -2.23. The molecule has 0 saturated carbocycles. The maximum Gasteiger partial charge on any atom is 0.337 e. The van der Waals surface area contributed by atoms with Crippen LogP contribution < -0.4 is 0 Å². The van der Waals surface area contributed by atoms with Crippen molar-refractivity contribution in [2.45, 2.75) is 122 Å². The SMILES string of the molecule is C=CCC[C@H](O[Si](C)(C)C(C)(C)C)[C@H](O[Si](C)(C)C(C)(C)C)C(=O)O[C@H](C)CC=C. The third kappa shape index (κ3) is 8.81. The molecule has 30 heavy (non-hydrogen) atoms. The lowest BCUT2D eigenvalue weighted by molar-refractivity contribution is -0.162. The van der Waals surface area contributed by atoms with Gasteiger partial charge < -0.3 is 13.6 Å². The molecular formula is C24H48O4Si2. The van der Waals surface area contributed by atoms with Gasteiger partial charge in [-0.2, -0.15) is 0 Å². The Morgan fingerprint density at radius 1 is 0.900 bits per heavy atom. The number of rotatable bonds is 12. The van der Waals surface area contributed by atoms with E-state index in [1.807, 2.05) is 13.0 Å². The normalized spacial score (nSPS) is 16.5. The van der Waals surface area contributed by atoms with Gasteiger partial charge in [0.15, 0.2) is 22.7 Å². The van der Waals surface area contributed by atoms with Crippen molar-refractivity contribution in [2.75, 3.05) is 0 Å². The second-order valence-corrected chi connectivity index (χ2v) is 20.9. The predicted molar refractivity (Wildman–Crippen MR) is 134 cm³/mol. The Hall–Kier alpha value is -0.696. The van der Waals surface area contributed by atoms with E-state index in [-0.39, 0.29) is 28.3 Å². The lowest BCUT2D eigenvalue weighted by atomic mass is 10.1. The van der Waals surface area contributed by atoms with Crippen molar-refractivity contribution < 1.29 is 18.4 Å². The van der Waals surface area contributed by atoms with Crippen molar-refractivity contribution in [1.29, 1.82) is 0 Å². The van der Waals surface area contributed by atoms with E-state index in [4.69, 9.17) is 13.6 Å². The van der Waals surface area contributed by atoms with Crippen LogP contribution in [0.4, 0.5) is 0 Å². The Kier molecular flexibility index (Phi) is 11.0. The zero-order valence-electron chi connectivity index (χ0n) is 21.6. The van der Waals surface area contributed by atoms with Crippen LogP contribution >= 0.6 is 0 Å². The number of hydrogen-bond donors (Lipinski definition) is 0. The van der Waals surface area contributed by atoms with E-state index in [0.717, 1.165) is 6.42 Å². The standard InChI is InChI=1S/C24H48O4Si2/c1-14-16-18-20(27-29(10,11)23(4,5)6)21(22(25)26-19(3)17-15-2)28-30(12,13)24(7,8)9/h14-15,19-21H,1-2,16-18H2,3-13H3/t19-,20+,21+/m1/s1. The molecule has 0 aliphatic rings. The molecule has 0 aliphatic carbocycles. The van der Waals surface area contributed by atoms with Gasteiger partial charge in [-0.3, -0.25) is 0 Å². The van der Waals surface area contributed by atoms with Crippen LogP contribution in [-0.2, 0) is 18.4 Å². The van der Waals surface area contributed by atoms with Crippen molar-refractivity contribution in [3.8, 4) is 0 Å². The van der Waals surface area contributed by atoms with Gasteiger partial charge in [-0.15, -0.1) is 13.2 Å². The van der Waals surface area contributed by atoms with Gasteiger partial charge in [0.25, 0.3) is 0 Å². The minimum absolute atomic E-state index is 0.0288. The topological polar surface area (TPSA) is 44.8 Å². The molecule has 0 aliphatic heterocycles. The van der Waals surface area contributed by atoms with Gasteiger partial charge in [0, 0.05) is 6.42 Å². The maximum absolute atomic E-state index is 13.3. The van der Waals surface area contributed by atoms with E-state index in [0.29, 0.717) is 12.8 Å². The number of ether oxygens (including phenoxy) is 1. The first-order valence-corrected chi connectivity index (χ1v) is 17.0. The van der Waals surface area contributed by atoms with E-state index < -0.39 is 22.7 Å². The van der Waals surface area contributed by atoms with Crippen molar-refractivity contribution in [3.05, 3.63) is 25.3 Å². The molecule has 0 unspecified atom stereocenters. The Bertz CT molecular complexity index is 571. The summed E-state index contributed by atoms with van der Waals surface area (Å²) in [6.45, 7) is 31.4. The van der Waals surface area contributed by atoms with Crippen molar-refractivity contribution >= 4 is 22.6 Å². The quantitative estimate of drug-likeness (QED) is 0.176. The maximum atomic E-state index is 13.3. The molecule has 6 heteroatoms. The summed E-state index contributed by atoms with van der Waals surface area (Å²) in [5.41, 5.74) is 0. The van der Waals surface area contributed by atoms with E-state index in [1.54, 1.807) is 6.08 Å². The highest BCUT2D eigenvalue weighted by molar-refractivity contribution is 6.74. The summed E-state index contributed by atoms with van der Waals surface area (Å²) in [4.78, 5) is 13.3. The molecule has 0 aromatic heterocycles. The summed E-state index contributed by atoms with van der Waals surface area (Å²) >= 11 is 0. The van der Waals surface area contributed by atoms with Crippen LogP contribution in [0.5, 0.6) is 0 Å². The number of hydrogen-bond acceptors (Lipinski definition) is 4. The van der Waals surface area contributed by atoms with Gasteiger partial charge in [-0.1, -0.05) is 53.7 Å². The molecule has 0 rings (SSSR count). The summed E-state index contributed by atoms with van der Waals surface area (Å²) in [5.74, 6) is -0.332. The second kappa shape index (κ2) is 11.3. The molecule has 0 spiro atoms. The fourth-order valence-corrected chi connectivity index (χ4v) is 5.02. The predicted octanol–water partition coefficient (Wildman–Crippen LogP) is 7.24. The highest BCUT2D eigenvalue weighted by Crippen LogP contribution is 2.41. The molecule has 0 N–H and O–H groups in total. The first kappa shape index (κ1) is 29.3. The molecule has 0 bridgehead atoms. The van der Waals surface area contributed by atoms with E-state index in [1.165, 1.54) is 0 Å². The molecular weight excluding hydrogens is 408 g/mol. The molecule has 0 amide bonds. The van der Waals surface area contributed by atoms with Crippen LogP contribution in [0.25, 0.3) is 0 Å². The van der Waals surface area contributed by atoms with Crippen molar-refractivity contribution in [3.63, 3.8) is 0 Å². The number of esters is 1. The fourth-order valence-electron chi connectivity index (χ4n) is 2.43. The lowest BCUT2D eigenvalue weighted by Gasteiger charge is -2.44. The summed E-state index contributed by atoms with van der Waals surface area (Å²) in [6.07, 6.45) is 4.34. The van der Waals surface area contributed by atoms with Gasteiger partial charge in [0.2, 0.25) is 0 Å². The summed E-state index contributed by atoms with van der Waals surface area (Å²) in [7, 11) is -4.36. The highest BCUT2D eigenvalue weighted by Gasteiger charge is 2.47. The van der Waals surface area contributed by atoms with E-state index in [9.17, 15) is 4.79 Å². The molecule has 176 valence electrons. The molecule has 0 saturated heterocycles. The van der Waals surface area contributed by atoms with Gasteiger partial charge in [0.1, 0.15) is 6.10 Å². The van der Waals surface area contributed by atoms with E-state index in [2.05, 4.69) is 80.9 Å². The van der Waals surface area contributed by atoms with Crippen LogP contribution in [0.2, 0.25) is 36.3 Å². The summed E-state index contributed by atoms with van der Waals surface area (Å²) in [6, 6.07) is 0. The summed E-state index contributed by atoms with van der Waals surface area (Å²) < 4.78 is 19.2. The van der Waals surface area contributed by atoms with Crippen LogP contribution in [0.1, 0.15) is 67.7 Å². The van der Waals surface area contributed by atoms with Crippen molar-refractivity contribution in [2.24, 2.45) is 0 Å². The molecule has 4 nitrogen and oxygen atoms in total. The second-order valence-electron chi connectivity index (χ2n) is 11.4. The third-order valence-electron chi connectivity index (χ3n) is 6.52. The largest absolute Gasteiger partial charge is 0.460 e. The molecule has 0 aromatic carbocycles. The average molecular weight is 457 g/mol.